The van der Waals surface area contributed by atoms with Crippen LogP contribution in [0.4, 0.5) is 4.79 Å². The van der Waals surface area contributed by atoms with E-state index < -0.39 is 23.8 Å². The molecule has 3 unspecified atom stereocenters. The molecular formula is C24H39N3O4S. The average Bonchev–Trinajstić information content (AvgIpc) is 2.70. The SMILES string of the molecule is CCCC(C)NC(=O)C(c1ccccc1)N(C)C(=O)C(CCSC)NC(=O)OC(C)(C)C. The third kappa shape index (κ3) is 9.51. The van der Waals surface area contributed by atoms with E-state index in [1.54, 1.807) is 39.6 Å². The molecule has 7 nitrogen and oxygen atoms in total. The molecule has 0 radical (unpaired) electrons. The molecule has 1 aromatic carbocycles. The molecule has 0 spiro atoms. The number of benzene rings is 1. The van der Waals surface area contributed by atoms with Crippen molar-refractivity contribution in [2.45, 2.75) is 77.6 Å². The Morgan fingerprint density at radius 1 is 1.09 bits per heavy atom. The van der Waals surface area contributed by atoms with Crippen LogP contribution in [0.2, 0.25) is 0 Å². The molecule has 2 N–H and O–H groups in total. The van der Waals surface area contributed by atoms with Gasteiger partial charge >= 0.3 is 6.09 Å². The number of nitrogens with one attached hydrogen (secondary N) is 2. The zero-order valence-corrected chi connectivity index (χ0v) is 21.3. The number of carbonyl (C=O) groups is 3. The van der Waals surface area contributed by atoms with Gasteiger partial charge in [0.15, 0.2) is 0 Å². The van der Waals surface area contributed by atoms with Crippen molar-refractivity contribution in [2.75, 3.05) is 19.1 Å². The Balaban J connectivity index is 3.14. The molecule has 0 aliphatic rings. The third-order valence-electron chi connectivity index (χ3n) is 4.81. The first-order chi connectivity index (χ1) is 15.0. The lowest BCUT2D eigenvalue weighted by Gasteiger charge is -2.32. The number of alkyl carbamates (subject to hydrolysis) is 1. The van der Waals surface area contributed by atoms with Gasteiger partial charge in [0.1, 0.15) is 17.7 Å². The Labute approximate surface area is 197 Å². The molecular weight excluding hydrogens is 426 g/mol. The molecule has 8 heteroatoms. The van der Waals surface area contributed by atoms with Gasteiger partial charge in [-0.05, 0) is 58.1 Å². The molecule has 1 rings (SSSR count). The number of ether oxygens (including phenoxy) is 1. The summed E-state index contributed by atoms with van der Waals surface area (Å²) >= 11 is 1.58. The first-order valence-electron chi connectivity index (χ1n) is 11.1. The fraction of sp³-hybridized carbons (Fsp3) is 0.625. The number of thioether (sulfide) groups is 1. The molecule has 32 heavy (non-hydrogen) atoms. The molecule has 1 aromatic rings. The Kier molecular flexibility index (Phi) is 11.6. The highest BCUT2D eigenvalue weighted by Gasteiger charge is 2.34. The molecule has 3 atom stereocenters. The Morgan fingerprint density at radius 3 is 2.25 bits per heavy atom. The number of rotatable bonds is 11. The number of nitrogens with zero attached hydrogens (tertiary/aromatic N) is 1. The average molecular weight is 466 g/mol. The van der Waals surface area contributed by atoms with Crippen molar-refractivity contribution in [1.82, 2.24) is 15.5 Å². The first kappa shape index (κ1) is 27.8. The lowest BCUT2D eigenvalue weighted by atomic mass is 10.0. The van der Waals surface area contributed by atoms with Crippen LogP contribution >= 0.6 is 11.8 Å². The van der Waals surface area contributed by atoms with Crippen LogP contribution in [0.1, 0.15) is 65.5 Å². The molecule has 0 aliphatic heterocycles. The van der Waals surface area contributed by atoms with Crippen LogP contribution in [0.3, 0.4) is 0 Å². The normalized spacial score (nSPS) is 14.1. The van der Waals surface area contributed by atoms with Gasteiger partial charge in [-0.15, -0.1) is 0 Å². The van der Waals surface area contributed by atoms with E-state index in [0.717, 1.165) is 12.8 Å². The second-order valence-corrected chi connectivity index (χ2v) is 9.93. The zero-order chi connectivity index (χ0) is 24.3. The number of hydrogen-bond acceptors (Lipinski definition) is 5. The summed E-state index contributed by atoms with van der Waals surface area (Å²) in [6.45, 7) is 9.32. The van der Waals surface area contributed by atoms with Crippen LogP contribution in [0.15, 0.2) is 30.3 Å². The van der Waals surface area contributed by atoms with Gasteiger partial charge in [-0.2, -0.15) is 11.8 Å². The maximum absolute atomic E-state index is 13.4. The maximum Gasteiger partial charge on any atom is 0.408 e. The van der Waals surface area contributed by atoms with Gasteiger partial charge < -0.3 is 20.3 Å². The summed E-state index contributed by atoms with van der Waals surface area (Å²) in [6, 6.07) is 7.60. The van der Waals surface area contributed by atoms with E-state index in [0.29, 0.717) is 17.7 Å². The largest absolute Gasteiger partial charge is 0.444 e. The monoisotopic (exact) mass is 465 g/mol. The van der Waals surface area contributed by atoms with E-state index in [1.165, 1.54) is 4.90 Å². The first-order valence-corrected chi connectivity index (χ1v) is 12.5. The highest BCUT2D eigenvalue weighted by Crippen LogP contribution is 2.22. The molecule has 0 saturated heterocycles. The highest BCUT2D eigenvalue weighted by atomic mass is 32.2. The van der Waals surface area contributed by atoms with Gasteiger partial charge in [-0.1, -0.05) is 43.7 Å². The molecule has 0 aromatic heterocycles. The van der Waals surface area contributed by atoms with Crippen LogP contribution in [0, 0.1) is 0 Å². The van der Waals surface area contributed by atoms with Gasteiger partial charge in [-0.3, -0.25) is 9.59 Å². The lowest BCUT2D eigenvalue weighted by molar-refractivity contribution is -0.141. The van der Waals surface area contributed by atoms with E-state index in [4.69, 9.17) is 4.74 Å². The predicted octanol–water partition coefficient (Wildman–Crippen LogP) is 4.14. The number of likely N-dealkylation sites (N-methyl/N-ethyl adjacent to an activating group) is 1. The molecule has 0 heterocycles. The number of amides is 3. The number of hydrogen-bond donors (Lipinski definition) is 2. The van der Waals surface area contributed by atoms with E-state index in [-0.39, 0.29) is 17.9 Å². The molecule has 0 bridgehead atoms. The van der Waals surface area contributed by atoms with Crippen molar-refractivity contribution in [3.8, 4) is 0 Å². The quantitative estimate of drug-likeness (QED) is 0.513. The fourth-order valence-corrected chi connectivity index (χ4v) is 3.80. The van der Waals surface area contributed by atoms with Gasteiger partial charge in [-0.25, -0.2) is 4.79 Å². The van der Waals surface area contributed by atoms with Crippen molar-refractivity contribution >= 4 is 29.7 Å². The smallest absolute Gasteiger partial charge is 0.408 e. The topological polar surface area (TPSA) is 87.7 Å². The number of carbonyl (C=O) groups excluding carboxylic acids is 3. The van der Waals surface area contributed by atoms with Crippen LogP contribution in [-0.2, 0) is 14.3 Å². The van der Waals surface area contributed by atoms with Crippen molar-refractivity contribution in [1.29, 1.82) is 0 Å². The molecule has 0 fully saturated rings. The summed E-state index contributed by atoms with van der Waals surface area (Å²) in [7, 11) is 1.60. The highest BCUT2D eigenvalue weighted by molar-refractivity contribution is 7.98. The minimum absolute atomic E-state index is 0.00519. The summed E-state index contributed by atoms with van der Waals surface area (Å²) in [5, 5.41) is 5.72. The van der Waals surface area contributed by atoms with Gasteiger partial charge in [0.25, 0.3) is 0 Å². The van der Waals surface area contributed by atoms with Crippen molar-refractivity contribution in [2.24, 2.45) is 0 Å². The second-order valence-electron chi connectivity index (χ2n) is 8.94. The van der Waals surface area contributed by atoms with Crippen LogP contribution in [0.5, 0.6) is 0 Å². The van der Waals surface area contributed by atoms with Crippen LogP contribution < -0.4 is 10.6 Å². The summed E-state index contributed by atoms with van der Waals surface area (Å²) < 4.78 is 5.34. The van der Waals surface area contributed by atoms with Gasteiger partial charge in [0, 0.05) is 13.1 Å². The molecule has 0 saturated carbocycles. The van der Waals surface area contributed by atoms with Crippen molar-refractivity contribution < 1.29 is 19.1 Å². The van der Waals surface area contributed by atoms with E-state index in [1.807, 2.05) is 43.5 Å². The van der Waals surface area contributed by atoms with E-state index in [2.05, 4.69) is 17.6 Å². The third-order valence-corrected chi connectivity index (χ3v) is 5.45. The summed E-state index contributed by atoms with van der Waals surface area (Å²) in [5.41, 5.74) is 0.0377. The Hall–Kier alpha value is -2.22. The standard InChI is InChI=1S/C24H39N3O4S/c1-8-12-17(2)25-21(28)20(18-13-10-9-11-14-18)27(6)22(29)19(15-16-32-7)26-23(30)31-24(3,4)5/h9-11,13-14,17,19-20H,8,12,15-16H2,1-7H3,(H,25,28)(H,26,30). The van der Waals surface area contributed by atoms with Crippen molar-refractivity contribution in [3.05, 3.63) is 35.9 Å². The van der Waals surface area contributed by atoms with Gasteiger partial charge in [0.2, 0.25) is 11.8 Å². The predicted molar refractivity (Wildman–Crippen MR) is 131 cm³/mol. The van der Waals surface area contributed by atoms with E-state index in [9.17, 15) is 14.4 Å². The lowest BCUT2D eigenvalue weighted by Crippen LogP contribution is -2.52. The Morgan fingerprint density at radius 2 is 1.72 bits per heavy atom. The summed E-state index contributed by atoms with van der Waals surface area (Å²) in [4.78, 5) is 40.4. The van der Waals surface area contributed by atoms with Crippen molar-refractivity contribution in [3.63, 3.8) is 0 Å². The fourth-order valence-electron chi connectivity index (χ4n) is 3.33. The maximum atomic E-state index is 13.4. The molecule has 3 amide bonds. The zero-order valence-electron chi connectivity index (χ0n) is 20.4. The molecule has 180 valence electrons. The Bertz CT molecular complexity index is 737. The van der Waals surface area contributed by atoms with Gasteiger partial charge in [0.05, 0.1) is 0 Å². The van der Waals surface area contributed by atoms with E-state index >= 15 is 0 Å². The minimum atomic E-state index is -0.805. The summed E-state index contributed by atoms with van der Waals surface area (Å²) in [6.07, 6.45) is 3.51. The molecule has 0 aliphatic carbocycles. The van der Waals surface area contributed by atoms with Crippen LogP contribution in [-0.4, -0.2) is 59.5 Å². The second kappa shape index (κ2) is 13.4. The summed E-state index contributed by atoms with van der Waals surface area (Å²) in [5.74, 6) is 0.0985. The minimum Gasteiger partial charge on any atom is -0.444 e. The van der Waals surface area contributed by atoms with Crippen LogP contribution in [0.25, 0.3) is 0 Å².